The molecule has 3 amide bonds. The van der Waals surface area contributed by atoms with Gasteiger partial charge in [0.25, 0.3) is 0 Å². The van der Waals surface area contributed by atoms with Crippen molar-refractivity contribution in [3.8, 4) is 0 Å². The monoisotopic (exact) mass is 341 g/mol. The number of nitrogens with two attached hydrogens (primary N) is 1. The van der Waals surface area contributed by atoms with Crippen molar-refractivity contribution in [1.29, 1.82) is 0 Å². The molecule has 0 aromatic heterocycles. The Bertz CT molecular complexity index is 604. The van der Waals surface area contributed by atoms with Crippen molar-refractivity contribution in [3.63, 3.8) is 0 Å². The maximum atomic E-state index is 11.8. The second-order valence-electron chi connectivity index (χ2n) is 5.56. The van der Waals surface area contributed by atoms with Gasteiger partial charge in [0.2, 0.25) is 5.91 Å². The summed E-state index contributed by atoms with van der Waals surface area (Å²) < 4.78 is 0. The van der Waals surface area contributed by atoms with Crippen LogP contribution in [0.3, 0.4) is 0 Å². The minimum Gasteiger partial charge on any atom is -0.481 e. The maximum Gasteiger partial charge on any atom is 0.319 e. The predicted octanol–water partition coefficient (Wildman–Crippen LogP) is 2.31. The van der Waals surface area contributed by atoms with Crippen LogP contribution in [0, 0.1) is 11.8 Å². The van der Waals surface area contributed by atoms with Crippen molar-refractivity contribution < 1.29 is 19.5 Å². The molecule has 1 atom stereocenters. The van der Waals surface area contributed by atoms with Gasteiger partial charge < -0.3 is 21.5 Å². The molecular weight excluding hydrogens is 322 g/mol. The molecule has 0 spiro atoms. The second kappa shape index (κ2) is 8.38. The van der Waals surface area contributed by atoms with Crippen molar-refractivity contribution in [3.05, 3.63) is 28.8 Å². The molecule has 8 heteroatoms. The van der Waals surface area contributed by atoms with Crippen molar-refractivity contribution in [2.24, 2.45) is 17.6 Å². The number of nitrogens with one attached hydrogen (secondary N) is 2. The van der Waals surface area contributed by atoms with E-state index in [9.17, 15) is 14.4 Å². The zero-order valence-corrected chi connectivity index (χ0v) is 13.7. The molecule has 0 bridgehead atoms. The third-order valence-electron chi connectivity index (χ3n) is 3.10. The first-order valence-corrected chi connectivity index (χ1v) is 7.45. The fraction of sp³-hybridized carbons (Fsp3) is 0.400. The van der Waals surface area contributed by atoms with Crippen LogP contribution in [0.15, 0.2) is 18.2 Å². The lowest BCUT2D eigenvalue weighted by Gasteiger charge is -2.16. The van der Waals surface area contributed by atoms with Gasteiger partial charge in [-0.25, -0.2) is 4.79 Å². The number of carbonyl (C=O) groups is 3. The molecule has 1 aromatic rings. The van der Waals surface area contributed by atoms with Gasteiger partial charge in [-0.2, -0.15) is 0 Å². The molecule has 0 aliphatic heterocycles. The van der Waals surface area contributed by atoms with Gasteiger partial charge >= 0.3 is 12.0 Å². The van der Waals surface area contributed by atoms with Gasteiger partial charge in [0.05, 0.1) is 16.5 Å². The molecule has 1 rings (SSSR count). The zero-order valence-electron chi connectivity index (χ0n) is 12.9. The van der Waals surface area contributed by atoms with Crippen molar-refractivity contribution in [2.75, 3.05) is 11.9 Å². The minimum absolute atomic E-state index is 0.00954. The number of carboxylic acids is 1. The first-order chi connectivity index (χ1) is 10.7. The van der Waals surface area contributed by atoms with Crippen LogP contribution >= 0.6 is 11.6 Å². The summed E-state index contributed by atoms with van der Waals surface area (Å²) in [7, 11) is 0. The molecule has 126 valence electrons. The Balaban J connectivity index is 2.64. The fourth-order valence-corrected chi connectivity index (χ4v) is 2.23. The number of hydrogen-bond donors (Lipinski definition) is 4. The van der Waals surface area contributed by atoms with E-state index in [-0.39, 0.29) is 23.0 Å². The number of amides is 3. The molecule has 5 N–H and O–H groups in total. The van der Waals surface area contributed by atoms with Crippen LogP contribution in [0.5, 0.6) is 0 Å². The van der Waals surface area contributed by atoms with Gasteiger partial charge in [0.1, 0.15) is 0 Å². The number of carbonyl (C=O) groups excluding carboxylic acids is 2. The molecule has 0 saturated heterocycles. The topological polar surface area (TPSA) is 122 Å². The van der Waals surface area contributed by atoms with E-state index in [4.69, 9.17) is 22.4 Å². The number of hydrogen-bond acceptors (Lipinski definition) is 3. The zero-order chi connectivity index (χ0) is 17.6. The van der Waals surface area contributed by atoms with Gasteiger partial charge in [-0.3, -0.25) is 9.59 Å². The first-order valence-electron chi connectivity index (χ1n) is 7.07. The van der Waals surface area contributed by atoms with Crippen LogP contribution in [0.2, 0.25) is 5.02 Å². The first kappa shape index (κ1) is 18.8. The summed E-state index contributed by atoms with van der Waals surface area (Å²) in [4.78, 5) is 34.1. The van der Waals surface area contributed by atoms with Crippen LogP contribution < -0.4 is 16.4 Å². The summed E-state index contributed by atoms with van der Waals surface area (Å²) in [6.45, 7) is 3.83. The predicted molar refractivity (Wildman–Crippen MR) is 87.6 cm³/mol. The summed E-state index contributed by atoms with van der Waals surface area (Å²) in [5.41, 5.74) is 5.60. The van der Waals surface area contributed by atoms with Gasteiger partial charge in [-0.05, 0) is 30.5 Å². The third-order valence-corrected chi connectivity index (χ3v) is 3.43. The molecule has 1 unspecified atom stereocenters. The van der Waals surface area contributed by atoms with Gasteiger partial charge in [-0.1, -0.05) is 25.4 Å². The third kappa shape index (κ3) is 6.15. The average molecular weight is 342 g/mol. The standard InChI is InChI=1S/C15H20ClN3O4/c1-8(2)5-9(14(21)22)7-18-15(23)19-10-3-4-12(16)11(6-10)13(17)20/h3-4,6,8-9H,5,7H2,1-2H3,(H2,17,20)(H,21,22)(H2,18,19,23). The smallest absolute Gasteiger partial charge is 0.319 e. The highest BCUT2D eigenvalue weighted by atomic mass is 35.5. The highest BCUT2D eigenvalue weighted by Gasteiger charge is 2.19. The Hall–Kier alpha value is -2.28. The van der Waals surface area contributed by atoms with Crippen molar-refractivity contribution in [2.45, 2.75) is 20.3 Å². The maximum absolute atomic E-state index is 11.8. The van der Waals surface area contributed by atoms with Crippen LogP contribution in [-0.4, -0.2) is 29.6 Å². The fourth-order valence-electron chi connectivity index (χ4n) is 2.02. The number of benzene rings is 1. The Morgan fingerprint density at radius 3 is 2.48 bits per heavy atom. The molecule has 0 radical (unpaired) electrons. The van der Waals surface area contributed by atoms with Gasteiger partial charge in [0.15, 0.2) is 0 Å². The van der Waals surface area contributed by atoms with E-state index in [1.165, 1.54) is 18.2 Å². The number of urea groups is 1. The van der Waals surface area contributed by atoms with Crippen LogP contribution in [-0.2, 0) is 4.79 Å². The largest absolute Gasteiger partial charge is 0.481 e. The average Bonchev–Trinajstić information content (AvgIpc) is 2.44. The number of anilines is 1. The van der Waals surface area contributed by atoms with E-state index in [0.29, 0.717) is 12.1 Å². The molecule has 7 nitrogen and oxygen atoms in total. The number of aliphatic carboxylic acids is 1. The molecule has 0 fully saturated rings. The van der Waals surface area contributed by atoms with Crippen molar-refractivity contribution in [1.82, 2.24) is 5.32 Å². The van der Waals surface area contributed by atoms with E-state index in [0.717, 1.165) is 0 Å². The number of rotatable bonds is 7. The summed E-state index contributed by atoms with van der Waals surface area (Å²) in [6, 6.07) is 3.73. The number of carboxylic acid groups (broad SMARTS) is 1. The Morgan fingerprint density at radius 2 is 1.96 bits per heavy atom. The van der Waals surface area contributed by atoms with Crippen molar-refractivity contribution >= 4 is 35.2 Å². The highest BCUT2D eigenvalue weighted by Crippen LogP contribution is 2.20. The number of primary amides is 1. The minimum atomic E-state index is -0.957. The van der Waals surface area contributed by atoms with Crippen LogP contribution in [0.1, 0.15) is 30.6 Å². The quantitative estimate of drug-likeness (QED) is 0.607. The molecule has 1 aromatic carbocycles. The van der Waals surface area contributed by atoms with Gasteiger partial charge in [-0.15, -0.1) is 0 Å². The van der Waals surface area contributed by atoms with E-state index < -0.39 is 23.8 Å². The molecule has 0 heterocycles. The Morgan fingerprint density at radius 1 is 1.30 bits per heavy atom. The Labute approximate surface area is 139 Å². The van der Waals surface area contributed by atoms with Crippen LogP contribution in [0.25, 0.3) is 0 Å². The molecule has 0 aliphatic rings. The van der Waals surface area contributed by atoms with Gasteiger partial charge in [0, 0.05) is 12.2 Å². The SMILES string of the molecule is CC(C)CC(CNC(=O)Nc1ccc(Cl)c(C(N)=O)c1)C(=O)O. The second-order valence-corrected chi connectivity index (χ2v) is 5.97. The molecular formula is C15H20ClN3O4. The lowest BCUT2D eigenvalue weighted by Crippen LogP contribution is -2.36. The Kier molecular flexibility index (Phi) is 6.84. The lowest BCUT2D eigenvalue weighted by molar-refractivity contribution is -0.142. The summed E-state index contributed by atoms with van der Waals surface area (Å²) in [5.74, 6) is -2.12. The van der Waals surface area contributed by atoms with E-state index in [2.05, 4.69) is 10.6 Å². The summed E-state index contributed by atoms with van der Waals surface area (Å²) >= 11 is 5.82. The molecule has 0 saturated carbocycles. The molecule has 23 heavy (non-hydrogen) atoms. The summed E-state index contributed by atoms with van der Waals surface area (Å²) in [5, 5.41) is 14.3. The summed E-state index contributed by atoms with van der Waals surface area (Å²) in [6.07, 6.45) is 0.461. The van der Waals surface area contributed by atoms with E-state index >= 15 is 0 Å². The lowest BCUT2D eigenvalue weighted by atomic mass is 9.97. The highest BCUT2D eigenvalue weighted by molar-refractivity contribution is 6.33. The normalized spacial score (nSPS) is 11.8. The molecule has 0 aliphatic carbocycles. The number of halogens is 1. The van der Waals surface area contributed by atoms with Crippen LogP contribution in [0.4, 0.5) is 10.5 Å². The van der Waals surface area contributed by atoms with E-state index in [1.807, 2.05) is 13.8 Å². The van der Waals surface area contributed by atoms with E-state index in [1.54, 1.807) is 0 Å².